The average Bonchev–Trinajstić information content (AvgIpc) is 2.42. The van der Waals surface area contributed by atoms with Crippen LogP contribution in [-0.4, -0.2) is 30.6 Å². The molecular weight excluding hydrogens is 246 g/mol. The topological polar surface area (TPSA) is 15.3 Å². The molecule has 1 N–H and O–H groups in total. The Kier molecular flexibility index (Phi) is 6.95. The van der Waals surface area contributed by atoms with E-state index in [1.165, 1.54) is 6.07 Å². The highest BCUT2D eigenvalue weighted by Gasteiger charge is 2.09. The molecule has 0 aliphatic heterocycles. The quantitative estimate of drug-likeness (QED) is 0.778. The molecular formula is C15H24F2N2. The molecule has 4 heteroatoms. The summed E-state index contributed by atoms with van der Waals surface area (Å²) < 4.78 is 25.2. The molecule has 0 saturated carbocycles. The van der Waals surface area contributed by atoms with Crippen LogP contribution in [0.4, 0.5) is 8.78 Å². The van der Waals surface area contributed by atoms with Gasteiger partial charge in [0.05, 0.1) is 0 Å². The number of alkyl halides is 2. The third-order valence-electron chi connectivity index (χ3n) is 3.28. The van der Waals surface area contributed by atoms with Gasteiger partial charge in [0.25, 0.3) is 6.43 Å². The molecule has 1 aromatic rings. The summed E-state index contributed by atoms with van der Waals surface area (Å²) in [5.41, 5.74) is 1.000. The lowest BCUT2D eigenvalue weighted by molar-refractivity contribution is 0.151. The predicted octanol–water partition coefficient (Wildman–Crippen LogP) is 3.44. The molecule has 2 nitrogen and oxygen atoms in total. The van der Waals surface area contributed by atoms with Crippen LogP contribution < -0.4 is 5.32 Å². The molecule has 0 amide bonds. The number of benzene rings is 1. The Morgan fingerprint density at radius 3 is 2.47 bits per heavy atom. The SMILES string of the molecule is CCN(CC)CC(C)NCc1cccc(C(F)F)c1. The van der Waals surface area contributed by atoms with E-state index < -0.39 is 6.43 Å². The molecule has 0 heterocycles. The first kappa shape index (κ1) is 16.1. The summed E-state index contributed by atoms with van der Waals surface area (Å²) in [5.74, 6) is 0. The molecule has 0 radical (unpaired) electrons. The Hall–Kier alpha value is -1.00. The minimum Gasteiger partial charge on any atom is -0.309 e. The van der Waals surface area contributed by atoms with Crippen molar-refractivity contribution >= 4 is 0 Å². The van der Waals surface area contributed by atoms with Crippen LogP contribution in [0.15, 0.2) is 24.3 Å². The molecule has 0 saturated heterocycles. The van der Waals surface area contributed by atoms with E-state index in [1.807, 2.05) is 6.07 Å². The van der Waals surface area contributed by atoms with Crippen molar-refractivity contribution in [3.63, 3.8) is 0 Å². The van der Waals surface area contributed by atoms with Crippen molar-refractivity contribution in [1.82, 2.24) is 10.2 Å². The summed E-state index contributed by atoms with van der Waals surface area (Å²) in [6, 6.07) is 6.95. The van der Waals surface area contributed by atoms with Crippen LogP contribution in [0, 0.1) is 0 Å². The van der Waals surface area contributed by atoms with Gasteiger partial charge in [0.1, 0.15) is 0 Å². The van der Waals surface area contributed by atoms with Gasteiger partial charge in [0, 0.05) is 24.7 Å². The zero-order valence-corrected chi connectivity index (χ0v) is 12.0. The summed E-state index contributed by atoms with van der Waals surface area (Å²) in [7, 11) is 0. The number of halogens is 2. The lowest BCUT2D eigenvalue weighted by Crippen LogP contribution is -2.38. The van der Waals surface area contributed by atoms with Gasteiger partial charge in [0.2, 0.25) is 0 Å². The largest absolute Gasteiger partial charge is 0.309 e. The van der Waals surface area contributed by atoms with Gasteiger partial charge in [-0.15, -0.1) is 0 Å². The summed E-state index contributed by atoms with van der Waals surface area (Å²) in [5, 5.41) is 3.38. The summed E-state index contributed by atoms with van der Waals surface area (Å²) in [6.45, 7) is 10.1. The molecule has 1 rings (SSSR count). The molecule has 0 spiro atoms. The van der Waals surface area contributed by atoms with Gasteiger partial charge in [-0.2, -0.15) is 0 Å². The van der Waals surface area contributed by atoms with Gasteiger partial charge in [-0.3, -0.25) is 0 Å². The molecule has 1 aromatic carbocycles. The summed E-state index contributed by atoms with van der Waals surface area (Å²) >= 11 is 0. The second-order valence-electron chi connectivity index (χ2n) is 4.81. The number of hydrogen-bond donors (Lipinski definition) is 1. The third-order valence-corrected chi connectivity index (χ3v) is 3.28. The maximum absolute atomic E-state index is 12.6. The van der Waals surface area contributed by atoms with E-state index in [-0.39, 0.29) is 5.56 Å². The van der Waals surface area contributed by atoms with Crippen molar-refractivity contribution in [1.29, 1.82) is 0 Å². The summed E-state index contributed by atoms with van der Waals surface area (Å²) in [4.78, 5) is 2.34. The fourth-order valence-electron chi connectivity index (χ4n) is 2.06. The number of nitrogens with one attached hydrogen (secondary N) is 1. The fourth-order valence-corrected chi connectivity index (χ4v) is 2.06. The van der Waals surface area contributed by atoms with Crippen LogP contribution in [0.5, 0.6) is 0 Å². The highest BCUT2D eigenvalue weighted by Crippen LogP contribution is 2.19. The molecule has 0 aromatic heterocycles. The summed E-state index contributed by atoms with van der Waals surface area (Å²) in [6.07, 6.45) is -2.40. The number of rotatable bonds is 8. The molecule has 0 bridgehead atoms. The number of hydrogen-bond acceptors (Lipinski definition) is 2. The van der Waals surface area contributed by atoms with Crippen LogP contribution in [0.2, 0.25) is 0 Å². The van der Waals surface area contributed by atoms with E-state index in [0.29, 0.717) is 12.6 Å². The molecule has 0 aliphatic rings. The Labute approximate surface area is 114 Å². The van der Waals surface area contributed by atoms with E-state index in [4.69, 9.17) is 0 Å². The highest BCUT2D eigenvalue weighted by atomic mass is 19.3. The van der Waals surface area contributed by atoms with E-state index in [9.17, 15) is 8.78 Å². The highest BCUT2D eigenvalue weighted by molar-refractivity contribution is 5.24. The Morgan fingerprint density at radius 2 is 1.89 bits per heavy atom. The smallest absolute Gasteiger partial charge is 0.263 e. The maximum atomic E-state index is 12.6. The zero-order valence-electron chi connectivity index (χ0n) is 12.0. The predicted molar refractivity (Wildman–Crippen MR) is 75.5 cm³/mol. The minimum atomic E-state index is -2.40. The average molecular weight is 270 g/mol. The molecule has 1 unspecified atom stereocenters. The standard InChI is InChI=1S/C15H24F2N2/c1-4-19(5-2)11-12(3)18-10-13-7-6-8-14(9-13)15(16)17/h6-9,12,15,18H,4-5,10-11H2,1-3H3. The normalized spacial score (nSPS) is 13.2. The Bertz CT molecular complexity index is 365. The number of likely N-dealkylation sites (N-methyl/N-ethyl adjacent to an activating group) is 1. The fraction of sp³-hybridized carbons (Fsp3) is 0.600. The van der Waals surface area contributed by atoms with Crippen LogP contribution >= 0.6 is 0 Å². The van der Waals surface area contributed by atoms with Crippen molar-refractivity contribution in [2.75, 3.05) is 19.6 Å². The molecule has 0 fully saturated rings. The second kappa shape index (κ2) is 8.23. The van der Waals surface area contributed by atoms with Crippen molar-refractivity contribution in [3.05, 3.63) is 35.4 Å². The maximum Gasteiger partial charge on any atom is 0.263 e. The van der Waals surface area contributed by atoms with E-state index in [1.54, 1.807) is 12.1 Å². The van der Waals surface area contributed by atoms with Crippen molar-refractivity contribution in [2.45, 2.75) is 39.8 Å². The van der Waals surface area contributed by atoms with Crippen molar-refractivity contribution < 1.29 is 8.78 Å². The van der Waals surface area contributed by atoms with Crippen LogP contribution in [-0.2, 0) is 6.54 Å². The second-order valence-corrected chi connectivity index (χ2v) is 4.81. The van der Waals surface area contributed by atoms with Gasteiger partial charge in [-0.05, 0) is 31.6 Å². The lowest BCUT2D eigenvalue weighted by atomic mass is 10.1. The monoisotopic (exact) mass is 270 g/mol. The van der Waals surface area contributed by atoms with E-state index in [2.05, 4.69) is 31.0 Å². The van der Waals surface area contributed by atoms with Gasteiger partial charge in [0.15, 0.2) is 0 Å². The molecule has 108 valence electrons. The van der Waals surface area contributed by atoms with Crippen LogP contribution in [0.1, 0.15) is 38.3 Å². The first-order valence-corrected chi connectivity index (χ1v) is 6.89. The van der Waals surface area contributed by atoms with Gasteiger partial charge in [-0.1, -0.05) is 32.0 Å². The van der Waals surface area contributed by atoms with E-state index in [0.717, 1.165) is 25.2 Å². The van der Waals surface area contributed by atoms with Crippen molar-refractivity contribution in [3.8, 4) is 0 Å². The Balaban J connectivity index is 2.45. The first-order valence-electron chi connectivity index (χ1n) is 6.89. The lowest BCUT2D eigenvalue weighted by Gasteiger charge is -2.23. The van der Waals surface area contributed by atoms with Gasteiger partial charge < -0.3 is 10.2 Å². The third kappa shape index (κ3) is 5.66. The minimum absolute atomic E-state index is 0.0932. The van der Waals surface area contributed by atoms with Gasteiger partial charge >= 0.3 is 0 Å². The zero-order chi connectivity index (χ0) is 14.3. The first-order chi connectivity index (χ1) is 9.06. The van der Waals surface area contributed by atoms with Crippen LogP contribution in [0.25, 0.3) is 0 Å². The van der Waals surface area contributed by atoms with Crippen molar-refractivity contribution in [2.24, 2.45) is 0 Å². The number of nitrogens with zero attached hydrogens (tertiary/aromatic N) is 1. The van der Waals surface area contributed by atoms with E-state index >= 15 is 0 Å². The Morgan fingerprint density at radius 1 is 1.21 bits per heavy atom. The molecule has 1 atom stereocenters. The van der Waals surface area contributed by atoms with Crippen LogP contribution in [0.3, 0.4) is 0 Å². The molecule has 0 aliphatic carbocycles. The van der Waals surface area contributed by atoms with Gasteiger partial charge in [-0.25, -0.2) is 8.78 Å². The molecule has 19 heavy (non-hydrogen) atoms.